The van der Waals surface area contributed by atoms with Crippen LogP contribution in [0.5, 0.6) is 11.5 Å². The topological polar surface area (TPSA) is 67.9 Å². The van der Waals surface area contributed by atoms with Gasteiger partial charge in [-0.1, -0.05) is 43.5 Å². The molecule has 1 aliphatic rings. The third-order valence-electron chi connectivity index (χ3n) is 5.78. The summed E-state index contributed by atoms with van der Waals surface area (Å²) >= 11 is 5.92. The molecule has 2 aromatic rings. The summed E-state index contributed by atoms with van der Waals surface area (Å²) in [5.41, 5.74) is 0.915. The number of benzene rings is 2. The van der Waals surface area contributed by atoms with E-state index in [4.69, 9.17) is 21.1 Å². The molecule has 0 aliphatic heterocycles. The summed E-state index contributed by atoms with van der Waals surface area (Å²) in [6.07, 6.45) is 4.76. The fraction of sp³-hybridized carbons (Fsp3) is 0.440. The van der Waals surface area contributed by atoms with Crippen LogP contribution in [-0.4, -0.2) is 42.5 Å². The minimum absolute atomic E-state index is 0.104. The zero-order valence-corrected chi connectivity index (χ0v) is 19.4. The van der Waals surface area contributed by atoms with Gasteiger partial charge in [0.05, 0.1) is 7.11 Å². The molecule has 0 unspecified atom stereocenters. The van der Waals surface area contributed by atoms with Crippen molar-refractivity contribution in [3.05, 3.63) is 59.1 Å². The smallest absolute Gasteiger partial charge is 0.261 e. The molecule has 6 nitrogen and oxygen atoms in total. The molecule has 0 radical (unpaired) electrons. The molecule has 7 heteroatoms. The first-order valence-corrected chi connectivity index (χ1v) is 11.5. The number of carbonyl (C=O) groups excluding carboxylic acids is 2. The molecule has 1 fully saturated rings. The van der Waals surface area contributed by atoms with E-state index in [0.717, 1.165) is 37.0 Å². The minimum Gasteiger partial charge on any atom is -0.497 e. The SMILES string of the molecule is CC[C@@H](C(=O)NC1CCCC1)N(Cc1ccc(OC)cc1)C(=O)COc1ccc(Cl)cc1. The third-order valence-corrected chi connectivity index (χ3v) is 6.03. The highest BCUT2D eigenvalue weighted by atomic mass is 35.5. The number of hydrogen-bond donors (Lipinski definition) is 1. The number of ether oxygens (including phenoxy) is 2. The minimum atomic E-state index is -0.570. The maximum atomic E-state index is 13.2. The van der Waals surface area contributed by atoms with Crippen molar-refractivity contribution >= 4 is 23.4 Å². The van der Waals surface area contributed by atoms with E-state index in [1.165, 1.54) is 0 Å². The van der Waals surface area contributed by atoms with Crippen molar-refractivity contribution in [2.24, 2.45) is 0 Å². The molecule has 172 valence electrons. The number of amides is 2. The van der Waals surface area contributed by atoms with Crippen molar-refractivity contribution < 1.29 is 19.1 Å². The highest BCUT2D eigenvalue weighted by Crippen LogP contribution is 2.21. The molecule has 1 atom stereocenters. The van der Waals surface area contributed by atoms with Crippen LogP contribution in [0.2, 0.25) is 5.02 Å². The van der Waals surface area contributed by atoms with Crippen molar-refractivity contribution in [3.8, 4) is 11.5 Å². The van der Waals surface area contributed by atoms with Crippen LogP contribution in [0.3, 0.4) is 0 Å². The Bertz CT molecular complexity index is 880. The van der Waals surface area contributed by atoms with Gasteiger partial charge in [-0.25, -0.2) is 0 Å². The summed E-state index contributed by atoms with van der Waals surface area (Å²) in [4.78, 5) is 27.9. The highest BCUT2D eigenvalue weighted by Gasteiger charge is 2.30. The van der Waals surface area contributed by atoms with E-state index in [2.05, 4.69) is 5.32 Å². The maximum Gasteiger partial charge on any atom is 0.261 e. The number of rotatable bonds is 10. The largest absolute Gasteiger partial charge is 0.497 e. The Morgan fingerprint density at radius 1 is 1.06 bits per heavy atom. The average molecular weight is 459 g/mol. The summed E-state index contributed by atoms with van der Waals surface area (Å²) < 4.78 is 10.9. The molecule has 1 saturated carbocycles. The molecule has 0 spiro atoms. The average Bonchev–Trinajstić information content (AvgIpc) is 3.31. The fourth-order valence-corrected chi connectivity index (χ4v) is 4.10. The summed E-state index contributed by atoms with van der Waals surface area (Å²) in [6, 6.07) is 14.0. The Hall–Kier alpha value is -2.73. The van der Waals surface area contributed by atoms with Crippen molar-refractivity contribution in [1.82, 2.24) is 10.2 Å². The monoisotopic (exact) mass is 458 g/mol. The lowest BCUT2D eigenvalue weighted by Gasteiger charge is -2.31. The van der Waals surface area contributed by atoms with E-state index in [-0.39, 0.29) is 24.5 Å². The number of nitrogens with zero attached hydrogens (tertiary/aromatic N) is 1. The number of nitrogens with one attached hydrogen (secondary N) is 1. The van der Waals surface area contributed by atoms with Gasteiger partial charge in [-0.3, -0.25) is 9.59 Å². The van der Waals surface area contributed by atoms with E-state index in [9.17, 15) is 9.59 Å². The molecule has 1 aliphatic carbocycles. The summed E-state index contributed by atoms with van der Waals surface area (Å²) in [6.45, 7) is 2.07. The van der Waals surface area contributed by atoms with Crippen molar-refractivity contribution in [3.63, 3.8) is 0 Å². The number of halogens is 1. The molecular formula is C25H31ClN2O4. The molecule has 1 N–H and O–H groups in total. The lowest BCUT2D eigenvalue weighted by atomic mass is 10.1. The first-order chi connectivity index (χ1) is 15.5. The first-order valence-electron chi connectivity index (χ1n) is 11.1. The van der Waals surface area contributed by atoms with Gasteiger partial charge < -0.3 is 19.7 Å². The quantitative estimate of drug-likeness (QED) is 0.565. The van der Waals surface area contributed by atoms with Crippen LogP contribution >= 0.6 is 11.6 Å². The van der Waals surface area contributed by atoms with Crippen LogP contribution in [0.4, 0.5) is 0 Å². The van der Waals surface area contributed by atoms with Crippen molar-refractivity contribution in [2.75, 3.05) is 13.7 Å². The van der Waals surface area contributed by atoms with Crippen LogP contribution in [0, 0.1) is 0 Å². The summed E-state index contributed by atoms with van der Waals surface area (Å²) in [5, 5.41) is 3.74. The van der Waals surface area contributed by atoms with E-state index in [1.54, 1.807) is 36.3 Å². The molecule has 2 aromatic carbocycles. The molecule has 32 heavy (non-hydrogen) atoms. The van der Waals surface area contributed by atoms with E-state index in [0.29, 0.717) is 23.7 Å². The Labute approximate surface area is 194 Å². The molecule has 0 bridgehead atoms. The van der Waals surface area contributed by atoms with Gasteiger partial charge in [0.2, 0.25) is 5.91 Å². The highest BCUT2D eigenvalue weighted by molar-refractivity contribution is 6.30. The lowest BCUT2D eigenvalue weighted by Crippen LogP contribution is -2.52. The first kappa shape index (κ1) is 23.9. The Morgan fingerprint density at radius 2 is 1.69 bits per heavy atom. The molecule has 0 saturated heterocycles. The standard InChI is InChI=1S/C25H31ClN2O4/c1-3-23(25(30)27-20-6-4-5-7-20)28(16-18-8-12-21(31-2)13-9-18)24(29)17-32-22-14-10-19(26)11-15-22/h8-15,20,23H,3-7,16-17H2,1-2H3,(H,27,30)/t23-/m0/s1. The number of hydrogen-bond acceptors (Lipinski definition) is 4. The van der Waals surface area contributed by atoms with Gasteiger partial charge in [0.15, 0.2) is 6.61 Å². The number of carbonyl (C=O) groups is 2. The molecule has 3 rings (SSSR count). The fourth-order valence-electron chi connectivity index (χ4n) is 3.97. The van der Waals surface area contributed by atoms with Gasteiger partial charge in [-0.2, -0.15) is 0 Å². The molecule has 0 aromatic heterocycles. The van der Waals surface area contributed by atoms with E-state index >= 15 is 0 Å². The predicted octanol–water partition coefficient (Wildman–Crippen LogP) is 4.59. The van der Waals surface area contributed by atoms with Gasteiger partial charge in [0.25, 0.3) is 5.91 Å². The maximum absolute atomic E-state index is 13.2. The molecular weight excluding hydrogens is 428 g/mol. The van der Waals surface area contributed by atoms with Crippen molar-refractivity contribution in [2.45, 2.75) is 57.7 Å². The van der Waals surface area contributed by atoms with Crippen LogP contribution < -0.4 is 14.8 Å². The summed E-state index contributed by atoms with van der Waals surface area (Å²) in [5.74, 6) is 0.941. The lowest BCUT2D eigenvalue weighted by molar-refractivity contribution is -0.143. The van der Waals surface area contributed by atoms with Crippen LogP contribution in [0.15, 0.2) is 48.5 Å². The Morgan fingerprint density at radius 3 is 2.28 bits per heavy atom. The predicted molar refractivity (Wildman–Crippen MR) is 125 cm³/mol. The van der Waals surface area contributed by atoms with E-state index < -0.39 is 6.04 Å². The van der Waals surface area contributed by atoms with Crippen molar-refractivity contribution in [1.29, 1.82) is 0 Å². The second-order valence-electron chi connectivity index (χ2n) is 8.03. The van der Waals surface area contributed by atoms with Crippen LogP contribution in [-0.2, 0) is 16.1 Å². The second kappa shape index (κ2) is 11.8. The van der Waals surface area contributed by atoms with Crippen LogP contribution in [0.25, 0.3) is 0 Å². The van der Waals surface area contributed by atoms with E-state index in [1.807, 2.05) is 31.2 Å². The van der Waals surface area contributed by atoms with Crippen LogP contribution in [0.1, 0.15) is 44.6 Å². The van der Waals surface area contributed by atoms with Gasteiger partial charge in [-0.05, 0) is 61.2 Å². The number of methoxy groups -OCH3 is 1. The zero-order chi connectivity index (χ0) is 22.9. The van der Waals surface area contributed by atoms with Gasteiger partial charge in [0, 0.05) is 17.6 Å². The van der Waals surface area contributed by atoms with Gasteiger partial charge in [-0.15, -0.1) is 0 Å². The Balaban J connectivity index is 1.74. The third kappa shape index (κ3) is 6.63. The zero-order valence-electron chi connectivity index (χ0n) is 18.7. The summed E-state index contributed by atoms with van der Waals surface area (Å²) in [7, 11) is 1.61. The van der Waals surface area contributed by atoms with Gasteiger partial charge >= 0.3 is 0 Å². The Kier molecular flexibility index (Phi) is 8.80. The normalized spacial score (nSPS) is 14.6. The molecule has 2 amide bonds. The van der Waals surface area contributed by atoms with Gasteiger partial charge in [0.1, 0.15) is 17.5 Å². The molecule has 0 heterocycles. The second-order valence-corrected chi connectivity index (χ2v) is 8.46.